The number of hydrogen-bond donors (Lipinski definition) is 2. The van der Waals surface area contributed by atoms with Gasteiger partial charge in [0.1, 0.15) is 0 Å². The van der Waals surface area contributed by atoms with Crippen molar-refractivity contribution in [1.82, 2.24) is 15.6 Å². The van der Waals surface area contributed by atoms with Crippen LogP contribution in [-0.4, -0.2) is 10.2 Å². The highest BCUT2D eigenvalue weighted by atomic mass is 15.2. The van der Waals surface area contributed by atoms with Crippen LogP contribution in [0.15, 0.2) is 6.07 Å². The molecule has 1 aromatic heterocycles. The van der Waals surface area contributed by atoms with Gasteiger partial charge in [-0.2, -0.15) is 10.2 Å². The van der Waals surface area contributed by atoms with Crippen LogP contribution in [0.2, 0.25) is 0 Å². The van der Waals surface area contributed by atoms with E-state index in [2.05, 4.69) is 28.6 Å². The van der Waals surface area contributed by atoms with E-state index in [-0.39, 0.29) is 6.04 Å². The molecule has 1 aromatic rings. The lowest BCUT2D eigenvalue weighted by Gasteiger charge is -2.18. The summed E-state index contributed by atoms with van der Waals surface area (Å²) in [7, 11) is 0. The van der Waals surface area contributed by atoms with Gasteiger partial charge >= 0.3 is 0 Å². The highest BCUT2D eigenvalue weighted by molar-refractivity contribution is 5.23. The van der Waals surface area contributed by atoms with E-state index in [1.54, 1.807) is 0 Å². The monoisotopic (exact) mass is 292 g/mol. The van der Waals surface area contributed by atoms with Gasteiger partial charge in [0.05, 0.1) is 11.4 Å². The Hall–Kier alpha value is -1.00. The summed E-state index contributed by atoms with van der Waals surface area (Å²) in [5.74, 6) is 5.72. The van der Waals surface area contributed by atoms with Crippen molar-refractivity contribution in [2.75, 3.05) is 0 Å². The molecule has 120 valence electrons. The zero-order valence-electron chi connectivity index (χ0n) is 14.0. The van der Waals surface area contributed by atoms with Crippen molar-refractivity contribution in [2.45, 2.75) is 84.6 Å². The summed E-state index contributed by atoms with van der Waals surface area (Å²) in [5, 5.41) is 8.27. The second kappa shape index (κ2) is 10.7. The molecule has 1 unspecified atom stereocenters. The molecule has 1 heterocycles. The first kappa shape index (κ1) is 18.1. The molecule has 0 bridgehead atoms. The standard InChI is InChI=1S/C17H32N4/c1-4-5-6-7-8-9-10-11-12-17(19-18)16-13-14(2)20-21-15(16)3/h13,17,19H,4-12,18H2,1-3H3. The molecule has 3 N–H and O–H groups in total. The zero-order valence-corrected chi connectivity index (χ0v) is 14.0. The second-order valence-corrected chi connectivity index (χ2v) is 6.01. The molecule has 0 aromatic carbocycles. The van der Waals surface area contributed by atoms with Gasteiger partial charge in [-0.3, -0.25) is 11.3 Å². The zero-order chi connectivity index (χ0) is 15.5. The van der Waals surface area contributed by atoms with E-state index in [1.807, 2.05) is 13.8 Å². The van der Waals surface area contributed by atoms with Gasteiger partial charge < -0.3 is 0 Å². The Kier molecular flexibility index (Phi) is 9.19. The summed E-state index contributed by atoms with van der Waals surface area (Å²) in [4.78, 5) is 0. The van der Waals surface area contributed by atoms with Crippen molar-refractivity contribution in [3.8, 4) is 0 Å². The second-order valence-electron chi connectivity index (χ2n) is 6.01. The van der Waals surface area contributed by atoms with Crippen molar-refractivity contribution in [1.29, 1.82) is 0 Å². The third-order valence-corrected chi connectivity index (χ3v) is 4.06. The van der Waals surface area contributed by atoms with E-state index in [0.717, 1.165) is 17.8 Å². The van der Waals surface area contributed by atoms with Crippen LogP contribution in [0.5, 0.6) is 0 Å². The van der Waals surface area contributed by atoms with Gasteiger partial charge in [0, 0.05) is 6.04 Å². The molecule has 0 amide bonds. The minimum Gasteiger partial charge on any atom is -0.271 e. The Labute approximate surface area is 129 Å². The van der Waals surface area contributed by atoms with Crippen LogP contribution in [0.3, 0.4) is 0 Å². The first-order valence-electron chi connectivity index (χ1n) is 8.46. The molecule has 0 aliphatic rings. The molecule has 0 saturated heterocycles. The molecule has 4 heteroatoms. The third kappa shape index (κ3) is 7.00. The fourth-order valence-corrected chi connectivity index (χ4v) is 2.73. The fraction of sp³-hybridized carbons (Fsp3) is 0.765. The number of aryl methyl sites for hydroxylation is 2. The van der Waals surface area contributed by atoms with E-state index >= 15 is 0 Å². The van der Waals surface area contributed by atoms with Crippen LogP contribution >= 0.6 is 0 Å². The molecule has 4 nitrogen and oxygen atoms in total. The number of nitrogens with one attached hydrogen (secondary N) is 1. The Balaban J connectivity index is 2.27. The maximum atomic E-state index is 5.72. The summed E-state index contributed by atoms with van der Waals surface area (Å²) >= 11 is 0. The molecule has 1 rings (SSSR count). The SMILES string of the molecule is CCCCCCCCCCC(NN)c1cc(C)nnc1C. The lowest BCUT2D eigenvalue weighted by Crippen LogP contribution is -2.29. The summed E-state index contributed by atoms with van der Waals surface area (Å²) < 4.78 is 0. The minimum atomic E-state index is 0.194. The summed E-state index contributed by atoms with van der Waals surface area (Å²) in [6.07, 6.45) is 11.8. The van der Waals surface area contributed by atoms with E-state index in [4.69, 9.17) is 5.84 Å². The molecular formula is C17H32N4. The van der Waals surface area contributed by atoms with E-state index in [1.165, 1.54) is 56.9 Å². The van der Waals surface area contributed by atoms with Gasteiger partial charge in [-0.1, -0.05) is 58.3 Å². The van der Waals surface area contributed by atoms with Gasteiger partial charge in [0.2, 0.25) is 0 Å². The number of rotatable bonds is 11. The topological polar surface area (TPSA) is 63.8 Å². The number of nitrogens with two attached hydrogens (primary N) is 1. The number of hydrazine groups is 1. The van der Waals surface area contributed by atoms with Crippen LogP contribution in [-0.2, 0) is 0 Å². The fourth-order valence-electron chi connectivity index (χ4n) is 2.73. The average Bonchev–Trinajstić information content (AvgIpc) is 2.49. The molecule has 1 atom stereocenters. The highest BCUT2D eigenvalue weighted by Crippen LogP contribution is 2.22. The van der Waals surface area contributed by atoms with Crippen LogP contribution in [0.4, 0.5) is 0 Å². The molecule has 0 radical (unpaired) electrons. The smallest absolute Gasteiger partial charge is 0.0648 e. The first-order chi connectivity index (χ1) is 10.2. The molecule has 0 fully saturated rings. The van der Waals surface area contributed by atoms with E-state index < -0.39 is 0 Å². The summed E-state index contributed by atoms with van der Waals surface area (Å²) in [5.41, 5.74) is 6.05. The maximum Gasteiger partial charge on any atom is 0.0648 e. The number of unbranched alkanes of at least 4 members (excludes halogenated alkanes) is 7. The molecule has 0 aliphatic carbocycles. The van der Waals surface area contributed by atoms with Gasteiger partial charge in [-0.25, -0.2) is 0 Å². The van der Waals surface area contributed by atoms with Crippen LogP contribution in [0, 0.1) is 13.8 Å². The molecule has 0 aliphatic heterocycles. The quantitative estimate of drug-likeness (QED) is 0.366. The predicted octanol–water partition coefficient (Wildman–Crippen LogP) is 4.13. The maximum absolute atomic E-state index is 5.72. The van der Waals surface area contributed by atoms with Crippen molar-refractivity contribution >= 4 is 0 Å². The summed E-state index contributed by atoms with van der Waals surface area (Å²) in [6, 6.07) is 2.29. The number of aromatic nitrogens is 2. The highest BCUT2D eigenvalue weighted by Gasteiger charge is 2.13. The average molecular weight is 292 g/mol. The van der Waals surface area contributed by atoms with Crippen molar-refractivity contribution in [2.24, 2.45) is 5.84 Å². The van der Waals surface area contributed by atoms with Crippen molar-refractivity contribution < 1.29 is 0 Å². The van der Waals surface area contributed by atoms with Crippen molar-refractivity contribution in [3.63, 3.8) is 0 Å². The molecule has 0 spiro atoms. The van der Waals surface area contributed by atoms with Gasteiger partial charge in [-0.15, -0.1) is 0 Å². The lowest BCUT2D eigenvalue weighted by atomic mass is 9.99. The van der Waals surface area contributed by atoms with Gasteiger partial charge in [0.25, 0.3) is 0 Å². The molecule has 0 saturated carbocycles. The van der Waals surface area contributed by atoms with E-state index in [0.29, 0.717) is 0 Å². The molecular weight excluding hydrogens is 260 g/mol. The van der Waals surface area contributed by atoms with Crippen LogP contribution < -0.4 is 11.3 Å². The van der Waals surface area contributed by atoms with Crippen molar-refractivity contribution in [3.05, 3.63) is 23.0 Å². The third-order valence-electron chi connectivity index (χ3n) is 4.06. The van der Waals surface area contributed by atoms with Gasteiger partial charge in [-0.05, 0) is 31.9 Å². The first-order valence-corrected chi connectivity index (χ1v) is 8.46. The number of nitrogens with zero attached hydrogens (tertiary/aromatic N) is 2. The normalized spacial score (nSPS) is 12.6. The Bertz CT molecular complexity index is 392. The minimum absolute atomic E-state index is 0.194. The largest absolute Gasteiger partial charge is 0.271 e. The number of hydrogen-bond acceptors (Lipinski definition) is 4. The molecule has 21 heavy (non-hydrogen) atoms. The Morgan fingerprint density at radius 1 is 1.00 bits per heavy atom. The van der Waals surface area contributed by atoms with E-state index in [9.17, 15) is 0 Å². The lowest BCUT2D eigenvalue weighted by molar-refractivity contribution is 0.471. The Morgan fingerprint density at radius 3 is 2.24 bits per heavy atom. The predicted molar refractivity (Wildman–Crippen MR) is 88.8 cm³/mol. The summed E-state index contributed by atoms with van der Waals surface area (Å²) in [6.45, 7) is 6.23. The van der Waals surface area contributed by atoms with Crippen LogP contribution in [0.1, 0.15) is 87.7 Å². The Morgan fingerprint density at radius 2 is 1.62 bits per heavy atom. The van der Waals surface area contributed by atoms with Crippen LogP contribution in [0.25, 0.3) is 0 Å². The van der Waals surface area contributed by atoms with Gasteiger partial charge in [0.15, 0.2) is 0 Å².